The van der Waals surface area contributed by atoms with Crippen molar-refractivity contribution < 1.29 is 35.9 Å². The van der Waals surface area contributed by atoms with Crippen molar-refractivity contribution in [2.75, 3.05) is 112 Å². The summed E-state index contributed by atoms with van der Waals surface area (Å²) in [5, 5.41) is 7.10. The second-order valence-corrected chi connectivity index (χ2v) is 27.7. The molecule has 8 rings (SSSR count). The van der Waals surface area contributed by atoms with E-state index in [4.69, 9.17) is 32.7 Å². The lowest BCUT2D eigenvalue weighted by molar-refractivity contribution is -0.119. The predicted molar refractivity (Wildman–Crippen MR) is 319 cm³/mol. The maximum absolute atomic E-state index is 13.9. The highest BCUT2D eigenvalue weighted by atomic mass is 35.5. The van der Waals surface area contributed by atoms with Gasteiger partial charge in [-0.25, -0.2) is 26.4 Å². The number of nitrogens with zero attached hydrogens (tertiary/aromatic N) is 4. The Labute approximate surface area is 486 Å². The molecule has 0 radical (unpaired) electrons. The van der Waals surface area contributed by atoms with Gasteiger partial charge in [0, 0.05) is 113 Å². The van der Waals surface area contributed by atoms with Gasteiger partial charge in [0.05, 0.1) is 35.4 Å². The van der Waals surface area contributed by atoms with Crippen molar-refractivity contribution in [2.24, 2.45) is 5.92 Å². The largest absolute Gasteiger partial charge is 0.380 e. The van der Waals surface area contributed by atoms with Crippen LogP contribution in [-0.4, -0.2) is 166 Å². The number of urea groups is 1. The highest BCUT2D eigenvalue weighted by Crippen LogP contribution is 2.40. The number of carbonyl (C=O) groups is 2. The Hall–Kier alpha value is -3.98. The summed E-state index contributed by atoms with van der Waals surface area (Å²) in [5.74, 6) is 0.446. The number of nitrogens with one attached hydrogen (secondary N) is 3. The number of likely N-dealkylation sites (N-methyl/N-ethyl adjacent to an activating group) is 2. The zero-order chi connectivity index (χ0) is 57.1. The zero-order valence-corrected chi connectivity index (χ0v) is 51.0. The molecule has 0 spiro atoms. The Bertz CT molecular complexity index is 2840. The van der Waals surface area contributed by atoms with E-state index >= 15 is 0 Å². The minimum atomic E-state index is -3.77. The van der Waals surface area contributed by atoms with Crippen LogP contribution in [0.5, 0.6) is 0 Å². The molecule has 3 N–H and O–H groups in total. The lowest BCUT2D eigenvalue weighted by Gasteiger charge is -2.34. The molecule has 2 amide bonds. The molecule has 2 fully saturated rings. The van der Waals surface area contributed by atoms with Gasteiger partial charge in [0.25, 0.3) is 0 Å². The Kier molecular flexibility index (Phi) is 22.1. The van der Waals surface area contributed by atoms with Crippen LogP contribution < -0.4 is 15.4 Å². The van der Waals surface area contributed by atoms with Crippen LogP contribution in [0.25, 0.3) is 0 Å². The molecule has 438 valence electrons. The molecule has 2 unspecified atom stereocenters. The Morgan fingerprint density at radius 3 is 1.79 bits per heavy atom. The van der Waals surface area contributed by atoms with Crippen molar-refractivity contribution in [3.63, 3.8) is 0 Å². The molecule has 19 heteroatoms. The van der Waals surface area contributed by atoms with E-state index in [0.29, 0.717) is 104 Å². The molecular weight excluding hydrogens is 1090 g/mol. The van der Waals surface area contributed by atoms with Crippen LogP contribution in [0, 0.1) is 33.6 Å². The van der Waals surface area contributed by atoms with Crippen LogP contribution in [0.15, 0.2) is 70.5 Å². The predicted octanol–water partition coefficient (Wildman–Crippen LogP) is 8.77. The smallest absolute Gasteiger partial charge is 0.314 e. The molecule has 4 aliphatic rings. The highest BCUT2D eigenvalue weighted by Gasteiger charge is 2.34. The van der Waals surface area contributed by atoms with E-state index in [1.54, 1.807) is 0 Å². The highest BCUT2D eigenvalue weighted by molar-refractivity contribution is 7.91. The number of ether oxygens (including phenoxy) is 2. The third kappa shape index (κ3) is 16.9. The van der Waals surface area contributed by atoms with E-state index < -0.39 is 19.9 Å². The second-order valence-electron chi connectivity index (χ2n) is 23.1. The first-order valence-corrected chi connectivity index (χ1v) is 32.7. The molecule has 0 aromatic heterocycles. The summed E-state index contributed by atoms with van der Waals surface area (Å²) in [5.41, 5.74) is 10.6. The number of sulfone groups is 1. The molecule has 2 saturated heterocycles. The van der Waals surface area contributed by atoms with Gasteiger partial charge in [-0.15, -0.1) is 0 Å². The third-order valence-electron chi connectivity index (χ3n) is 16.6. The summed E-state index contributed by atoms with van der Waals surface area (Å²) in [6, 6.07) is 19.3. The van der Waals surface area contributed by atoms with Gasteiger partial charge >= 0.3 is 6.03 Å². The number of rotatable bonds is 27. The van der Waals surface area contributed by atoms with E-state index in [-0.39, 0.29) is 41.4 Å². The van der Waals surface area contributed by atoms with Gasteiger partial charge in [-0.1, -0.05) is 53.9 Å². The molecule has 4 aromatic rings. The van der Waals surface area contributed by atoms with E-state index in [9.17, 15) is 26.4 Å². The zero-order valence-electron chi connectivity index (χ0n) is 47.9. The Morgan fingerprint density at radius 1 is 0.600 bits per heavy atom. The number of carbonyl (C=O) groups excluding carboxylic acids is 2. The van der Waals surface area contributed by atoms with Crippen LogP contribution in [0.4, 0.5) is 4.79 Å². The monoisotopic (exact) mass is 1180 g/mol. The normalized spacial score (nSPS) is 20.2. The van der Waals surface area contributed by atoms with Crippen LogP contribution in [0.2, 0.25) is 10.0 Å². The average molecular weight is 1180 g/mol. The third-order valence-corrected chi connectivity index (χ3v) is 20.7. The molecule has 4 aromatic carbocycles. The topological polar surface area (TPSA) is 170 Å². The van der Waals surface area contributed by atoms with Gasteiger partial charge < -0.3 is 34.8 Å². The summed E-state index contributed by atoms with van der Waals surface area (Å²) < 4.78 is 70.2. The molecule has 0 bridgehead atoms. The molecule has 4 aliphatic heterocycles. The summed E-state index contributed by atoms with van der Waals surface area (Å²) in [6.07, 6.45) is 5.59. The van der Waals surface area contributed by atoms with E-state index in [0.717, 1.165) is 111 Å². The molecule has 0 saturated carbocycles. The Morgan fingerprint density at radius 2 is 1.15 bits per heavy atom. The van der Waals surface area contributed by atoms with Crippen molar-refractivity contribution in [1.29, 1.82) is 0 Å². The molecule has 4 heterocycles. The maximum atomic E-state index is 13.9. The first kappa shape index (κ1) is 62.1. The van der Waals surface area contributed by atoms with E-state index in [1.807, 2.05) is 68.4 Å². The van der Waals surface area contributed by atoms with Gasteiger partial charge in [-0.2, -0.15) is 0 Å². The summed E-state index contributed by atoms with van der Waals surface area (Å²) in [6.45, 7) is 18.2. The number of aryl methyl sites for hydroxylation is 4. The fourth-order valence-electron chi connectivity index (χ4n) is 12.3. The van der Waals surface area contributed by atoms with Crippen molar-refractivity contribution in [3.05, 3.63) is 126 Å². The molecule has 4 atom stereocenters. The SMILES string of the molecule is Cc1ccc(C2CN(C)Cc3c(C)cc(Cl)cc32)cc1S(=O)(=O)C[C@@H]1CCN(CCOCCCC(=O)CCCCCNC(=O)NCCOCCN2CC[C@@H](NS(=O)(=O)c3cc(C4CN(C)Cc5c(C)cc(Cl)cc54)ccc3C)C2)C1. The number of benzene rings is 4. The quantitative estimate of drug-likeness (QED) is 0.0486. The summed E-state index contributed by atoms with van der Waals surface area (Å²) in [4.78, 5) is 34.6. The molecular formula is C61H85Cl2N7O8S2. The van der Waals surface area contributed by atoms with Crippen molar-refractivity contribution >= 4 is 54.9 Å². The fourth-order valence-corrected chi connectivity index (χ4v) is 16.3. The minimum absolute atomic E-state index is 0.00863. The van der Waals surface area contributed by atoms with Crippen molar-refractivity contribution in [2.45, 2.75) is 120 Å². The summed E-state index contributed by atoms with van der Waals surface area (Å²) in [7, 11) is -3.09. The van der Waals surface area contributed by atoms with Crippen LogP contribution in [0.3, 0.4) is 0 Å². The number of sulfonamides is 1. The lowest BCUT2D eigenvalue weighted by atomic mass is 9.83. The molecule has 15 nitrogen and oxygen atoms in total. The fraction of sp³-hybridized carbons (Fsp3) is 0.574. The molecule has 0 aliphatic carbocycles. The number of ketones is 1. The number of hydrogen-bond donors (Lipinski definition) is 3. The van der Waals surface area contributed by atoms with Crippen LogP contribution >= 0.6 is 23.2 Å². The molecule has 80 heavy (non-hydrogen) atoms. The van der Waals surface area contributed by atoms with Crippen molar-refractivity contribution in [3.8, 4) is 0 Å². The Balaban J connectivity index is 0.620. The first-order valence-electron chi connectivity index (χ1n) is 28.8. The maximum Gasteiger partial charge on any atom is 0.314 e. The van der Waals surface area contributed by atoms with Gasteiger partial charge in [0.15, 0.2) is 9.84 Å². The van der Waals surface area contributed by atoms with Gasteiger partial charge in [-0.3, -0.25) is 9.69 Å². The number of unbranched alkanes of at least 4 members (excludes halogenated alkanes) is 2. The lowest BCUT2D eigenvalue weighted by Crippen LogP contribution is -2.38. The number of amides is 2. The summed E-state index contributed by atoms with van der Waals surface area (Å²) >= 11 is 13.0. The van der Waals surface area contributed by atoms with Crippen molar-refractivity contribution in [1.82, 2.24) is 35.0 Å². The van der Waals surface area contributed by atoms with Crippen LogP contribution in [-0.2, 0) is 47.2 Å². The number of hydrogen-bond acceptors (Lipinski definition) is 12. The first-order chi connectivity index (χ1) is 38.2. The number of halogens is 2. The number of fused-ring (bicyclic) bond motifs is 2. The minimum Gasteiger partial charge on any atom is -0.380 e. The van der Waals surface area contributed by atoms with Gasteiger partial charge in [0.1, 0.15) is 5.78 Å². The van der Waals surface area contributed by atoms with E-state index in [1.165, 1.54) is 16.7 Å². The van der Waals surface area contributed by atoms with Crippen LogP contribution in [0.1, 0.15) is 119 Å². The van der Waals surface area contributed by atoms with Gasteiger partial charge in [-0.05, 0) is 185 Å². The second kappa shape index (κ2) is 28.5. The number of likely N-dealkylation sites (tertiary alicyclic amines) is 2. The average Bonchev–Trinajstić information content (AvgIpc) is 4.15. The van der Waals surface area contributed by atoms with E-state index in [2.05, 4.69) is 69.0 Å². The van der Waals surface area contributed by atoms with Gasteiger partial charge in [0.2, 0.25) is 10.0 Å². The standard InChI is InChI=1S/C61H85Cl2N7O8S2/c1-42-13-15-47(57-39-67(5)37-55-44(3)29-49(62)33-53(55)57)31-59(42)79(73,74)41-46-17-21-69(35-46)23-27-77-25-10-12-52(71)11-8-7-9-19-64-61(72)65-20-26-78-28-24-70-22-18-51(36-70)66-80(75,76)60-32-48(16-14-43(60)2)58-40-68(6)38-56-45(4)30-50(63)34-54(56)58/h13-16,29-34,46,51,57-58,66H,7-12,17-28,35-41H2,1-6H3,(H2,64,65,72)/t46-,51-,57?,58?/m1/s1. The number of Topliss-reactive ketones (excluding diaryl/α,β-unsaturated/α-hetero) is 1.